The van der Waals surface area contributed by atoms with Crippen molar-refractivity contribution in [1.82, 2.24) is 5.32 Å². The van der Waals surface area contributed by atoms with Gasteiger partial charge in [-0.2, -0.15) is 0 Å². The van der Waals surface area contributed by atoms with Crippen LogP contribution in [0.1, 0.15) is 20.9 Å². The summed E-state index contributed by atoms with van der Waals surface area (Å²) in [6.45, 7) is 0. The Hall–Kier alpha value is -4.37. The molecular weight excluding hydrogens is 454 g/mol. The Morgan fingerprint density at radius 2 is 1.47 bits per heavy atom. The Balaban J connectivity index is 1.34. The third-order valence-corrected chi connectivity index (χ3v) is 5.13. The highest BCUT2D eigenvalue weighted by atomic mass is 32.1. The van der Waals surface area contributed by atoms with Crippen LogP contribution >= 0.6 is 12.2 Å². The summed E-state index contributed by atoms with van der Waals surface area (Å²) in [6, 6.07) is 20.8. The van der Waals surface area contributed by atoms with E-state index in [2.05, 4.69) is 16.0 Å². The van der Waals surface area contributed by atoms with Gasteiger partial charge in [0.1, 0.15) is 5.58 Å². The zero-order valence-electron chi connectivity index (χ0n) is 18.4. The number of methoxy groups -OCH3 is 2. The molecule has 0 aliphatic rings. The third-order valence-electron chi connectivity index (χ3n) is 4.92. The van der Waals surface area contributed by atoms with Crippen LogP contribution in [0.2, 0.25) is 0 Å². The van der Waals surface area contributed by atoms with Gasteiger partial charge >= 0.3 is 0 Å². The highest BCUT2D eigenvalue weighted by molar-refractivity contribution is 7.80. The first kappa shape index (κ1) is 22.8. The lowest BCUT2D eigenvalue weighted by molar-refractivity contribution is 0.0974. The highest BCUT2D eigenvalue weighted by Gasteiger charge is 2.14. The number of fused-ring (bicyclic) bond motifs is 1. The minimum Gasteiger partial charge on any atom is -0.493 e. The van der Waals surface area contributed by atoms with Crippen LogP contribution in [0.3, 0.4) is 0 Å². The number of rotatable bonds is 6. The molecule has 8 nitrogen and oxygen atoms in total. The number of ether oxygens (including phenoxy) is 2. The molecule has 0 aliphatic carbocycles. The summed E-state index contributed by atoms with van der Waals surface area (Å²) in [6.07, 6.45) is 0. The normalized spacial score (nSPS) is 10.4. The first-order valence-corrected chi connectivity index (χ1v) is 10.6. The van der Waals surface area contributed by atoms with E-state index in [9.17, 15) is 9.59 Å². The molecule has 0 unspecified atom stereocenters. The van der Waals surface area contributed by atoms with E-state index in [0.29, 0.717) is 34.0 Å². The van der Waals surface area contributed by atoms with Crippen molar-refractivity contribution >= 4 is 51.5 Å². The lowest BCUT2D eigenvalue weighted by Crippen LogP contribution is -2.34. The summed E-state index contributed by atoms with van der Waals surface area (Å²) >= 11 is 5.24. The summed E-state index contributed by atoms with van der Waals surface area (Å²) in [5.41, 5.74) is 2.23. The molecule has 9 heteroatoms. The number of carbonyl (C=O) groups is 2. The van der Waals surface area contributed by atoms with Crippen LogP contribution in [0.4, 0.5) is 11.4 Å². The van der Waals surface area contributed by atoms with Crippen LogP contribution in [0.25, 0.3) is 11.0 Å². The van der Waals surface area contributed by atoms with Gasteiger partial charge in [0.2, 0.25) is 0 Å². The van der Waals surface area contributed by atoms with Gasteiger partial charge in [0.25, 0.3) is 11.8 Å². The molecule has 3 aromatic carbocycles. The molecule has 0 atom stereocenters. The van der Waals surface area contributed by atoms with Gasteiger partial charge in [0.15, 0.2) is 22.4 Å². The minimum atomic E-state index is -0.395. The van der Waals surface area contributed by atoms with Gasteiger partial charge in [-0.15, -0.1) is 0 Å². The van der Waals surface area contributed by atoms with Crippen LogP contribution in [-0.4, -0.2) is 31.1 Å². The van der Waals surface area contributed by atoms with E-state index in [4.69, 9.17) is 26.1 Å². The minimum absolute atomic E-state index is 0.124. The second-order valence-electron chi connectivity index (χ2n) is 7.16. The number of nitrogens with one attached hydrogen (secondary N) is 3. The maximum atomic E-state index is 12.5. The Bertz CT molecular complexity index is 1330. The largest absolute Gasteiger partial charge is 0.493 e. The van der Waals surface area contributed by atoms with Crippen molar-refractivity contribution in [3.63, 3.8) is 0 Å². The molecule has 0 saturated heterocycles. The number of carbonyl (C=O) groups excluding carboxylic acids is 2. The fourth-order valence-electron chi connectivity index (χ4n) is 3.24. The molecule has 4 rings (SSSR count). The Morgan fingerprint density at radius 3 is 2.15 bits per heavy atom. The summed E-state index contributed by atoms with van der Waals surface area (Å²) in [5.74, 6) is 0.437. The number of para-hydroxylation sites is 1. The predicted molar refractivity (Wildman–Crippen MR) is 134 cm³/mol. The number of thiocarbonyl (C=S) groups is 1. The molecule has 4 aromatic rings. The standard InChI is InChI=1S/C25H21N3O5S/c1-31-20-12-7-16(14-21(20)32-2)23(29)28-25(34)27-18-10-8-17(9-11-18)26-24(30)22-13-15-5-3-4-6-19(15)33-22/h3-14H,1-2H3,(H,26,30)(H2,27,28,29,34). The molecule has 0 aliphatic heterocycles. The van der Waals surface area contributed by atoms with Crippen molar-refractivity contribution in [2.45, 2.75) is 0 Å². The maximum absolute atomic E-state index is 12.5. The van der Waals surface area contributed by atoms with Gasteiger partial charge in [0, 0.05) is 22.3 Å². The van der Waals surface area contributed by atoms with Crippen LogP contribution in [0.5, 0.6) is 11.5 Å². The zero-order chi connectivity index (χ0) is 24.1. The van der Waals surface area contributed by atoms with Crippen molar-refractivity contribution in [3.05, 3.63) is 84.1 Å². The van der Waals surface area contributed by atoms with E-state index < -0.39 is 5.91 Å². The molecule has 34 heavy (non-hydrogen) atoms. The first-order valence-electron chi connectivity index (χ1n) is 10.2. The first-order chi connectivity index (χ1) is 16.5. The van der Waals surface area contributed by atoms with Gasteiger partial charge in [0.05, 0.1) is 14.2 Å². The SMILES string of the molecule is COc1ccc(C(=O)NC(=S)Nc2ccc(NC(=O)c3cc4ccccc4o3)cc2)cc1OC. The van der Waals surface area contributed by atoms with Crippen molar-refractivity contribution < 1.29 is 23.5 Å². The van der Waals surface area contributed by atoms with Gasteiger partial charge in [-0.25, -0.2) is 0 Å². The van der Waals surface area contributed by atoms with Crippen molar-refractivity contribution in [3.8, 4) is 11.5 Å². The number of amides is 2. The molecule has 2 amide bonds. The highest BCUT2D eigenvalue weighted by Crippen LogP contribution is 2.27. The number of anilines is 2. The summed E-state index contributed by atoms with van der Waals surface area (Å²) in [5, 5.41) is 9.32. The Morgan fingerprint density at radius 1 is 0.794 bits per heavy atom. The maximum Gasteiger partial charge on any atom is 0.291 e. The van der Waals surface area contributed by atoms with E-state index in [0.717, 1.165) is 5.39 Å². The van der Waals surface area contributed by atoms with Crippen molar-refractivity contribution in [2.24, 2.45) is 0 Å². The van der Waals surface area contributed by atoms with Gasteiger partial charge < -0.3 is 24.5 Å². The Kier molecular flexibility index (Phi) is 6.74. The lowest BCUT2D eigenvalue weighted by atomic mass is 10.2. The van der Waals surface area contributed by atoms with Gasteiger partial charge in [-0.05, 0) is 66.8 Å². The van der Waals surface area contributed by atoms with Crippen LogP contribution in [-0.2, 0) is 0 Å². The smallest absolute Gasteiger partial charge is 0.291 e. The third kappa shape index (κ3) is 5.16. The fraction of sp³-hybridized carbons (Fsp3) is 0.0800. The molecule has 0 fully saturated rings. The van der Waals surface area contributed by atoms with E-state index in [-0.39, 0.29) is 16.8 Å². The Labute approximate surface area is 200 Å². The number of hydrogen-bond acceptors (Lipinski definition) is 6. The van der Waals surface area contributed by atoms with E-state index in [1.165, 1.54) is 14.2 Å². The van der Waals surface area contributed by atoms with Gasteiger partial charge in [-0.1, -0.05) is 18.2 Å². The zero-order valence-corrected chi connectivity index (χ0v) is 19.2. The average Bonchev–Trinajstić information content (AvgIpc) is 3.29. The van der Waals surface area contributed by atoms with Crippen LogP contribution < -0.4 is 25.4 Å². The monoisotopic (exact) mass is 475 g/mol. The van der Waals surface area contributed by atoms with Crippen LogP contribution in [0, 0.1) is 0 Å². The second kappa shape index (κ2) is 10.1. The average molecular weight is 476 g/mol. The number of benzene rings is 3. The lowest BCUT2D eigenvalue weighted by Gasteiger charge is -2.12. The van der Waals surface area contributed by atoms with Crippen LogP contribution in [0.15, 0.2) is 77.2 Å². The van der Waals surface area contributed by atoms with Crippen molar-refractivity contribution in [2.75, 3.05) is 24.9 Å². The molecular formula is C25H21N3O5S. The van der Waals surface area contributed by atoms with Gasteiger partial charge in [-0.3, -0.25) is 14.9 Å². The van der Waals surface area contributed by atoms with E-state index >= 15 is 0 Å². The predicted octanol–water partition coefficient (Wildman–Crippen LogP) is 4.83. The number of furan rings is 1. The molecule has 0 saturated carbocycles. The molecule has 0 radical (unpaired) electrons. The van der Waals surface area contributed by atoms with E-state index in [1.54, 1.807) is 54.6 Å². The molecule has 0 bridgehead atoms. The summed E-state index contributed by atoms with van der Waals surface area (Å²) in [4.78, 5) is 25.0. The number of hydrogen-bond donors (Lipinski definition) is 3. The molecule has 172 valence electrons. The molecule has 0 spiro atoms. The van der Waals surface area contributed by atoms with E-state index in [1.807, 2.05) is 18.2 Å². The molecule has 1 heterocycles. The molecule has 3 N–H and O–H groups in total. The second-order valence-corrected chi connectivity index (χ2v) is 7.57. The quantitative estimate of drug-likeness (QED) is 0.343. The summed E-state index contributed by atoms with van der Waals surface area (Å²) in [7, 11) is 3.01. The topological polar surface area (TPSA) is 102 Å². The van der Waals surface area contributed by atoms with Crippen molar-refractivity contribution in [1.29, 1.82) is 0 Å². The fourth-order valence-corrected chi connectivity index (χ4v) is 3.45. The summed E-state index contributed by atoms with van der Waals surface area (Å²) < 4.78 is 16.0. The molecule has 1 aromatic heterocycles.